The molecule has 0 aliphatic carbocycles. The molecule has 0 saturated heterocycles. The van der Waals surface area contributed by atoms with Crippen LogP contribution in [0.15, 0.2) is 36.7 Å². The van der Waals surface area contributed by atoms with Crippen molar-refractivity contribution in [2.24, 2.45) is 0 Å². The molecule has 0 N–H and O–H groups in total. The second kappa shape index (κ2) is 3.58. The van der Waals surface area contributed by atoms with Crippen LogP contribution in [-0.4, -0.2) is 10.8 Å². The summed E-state index contributed by atoms with van der Waals surface area (Å²) in [6.45, 7) is 1.87. The number of Topliss-reactive ketones (excluding diaryl/α,β-unsaturated/α-hetero) is 1. The van der Waals surface area contributed by atoms with Gasteiger partial charge in [0.25, 0.3) is 0 Å². The third-order valence-corrected chi connectivity index (χ3v) is 2.28. The Hall–Kier alpha value is -1.70. The number of aromatic nitrogens is 1. The lowest BCUT2D eigenvalue weighted by molar-refractivity contribution is 0.0988. The van der Waals surface area contributed by atoms with Crippen LogP contribution in [0.25, 0.3) is 10.8 Å². The molecule has 14 heavy (non-hydrogen) atoms. The van der Waals surface area contributed by atoms with Gasteiger partial charge in [0.05, 0.1) is 0 Å². The molecular formula is C12H11NO. The molecular weight excluding hydrogens is 174 g/mol. The lowest BCUT2D eigenvalue weighted by atomic mass is 10.0. The molecule has 0 radical (unpaired) electrons. The Morgan fingerprint density at radius 3 is 2.93 bits per heavy atom. The van der Waals surface area contributed by atoms with E-state index in [0.29, 0.717) is 6.42 Å². The fraction of sp³-hybridized carbons (Fsp3) is 0.167. The number of rotatable bonds is 2. The van der Waals surface area contributed by atoms with E-state index in [1.54, 1.807) is 12.4 Å². The van der Waals surface area contributed by atoms with Crippen LogP contribution >= 0.6 is 0 Å². The maximum atomic E-state index is 11.4. The zero-order valence-corrected chi connectivity index (χ0v) is 8.03. The van der Waals surface area contributed by atoms with Gasteiger partial charge in [0.1, 0.15) is 0 Å². The lowest BCUT2D eigenvalue weighted by Crippen LogP contribution is -1.95. The average molecular weight is 185 g/mol. The van der Waals surface area contributed by atoms with E-state index in [1.807, 2.05) is 31.2 Å². The number of benzene rings is 1. The van der Waals surface area contributed by atoms with Crippen LogP contribution in [0.3, 0.4) is 0 Å². The highest BCUT2D eigenvalue weighted by atomic mass is 16.1. The largest absolute Gasteiger partial charge is 0.294 e. The first-order chi connectivity index (χ1) is 6.81. The molecule has 2 heteroatoms. The molecule has 0 saturated carbocycles. The summed E-state index contributed by atoms with van der Waals surface area (Å²) in [5.41, 5.74) is 0.784. The first kappa shape index (κ1) is 8.88. The molecule has 0 aliphatic heterocycles. The Balaban J connectivity index is 2.56. The molecule has 0 spiro atoms. The van der Waals surface area contributed by atoms with Crippen LogP contribution in [0.2, 0.25) is 0 Å². The fourth-order valence-electron chi connectivity index (χ4n) is 1.46. The average Bonchev–Trinajstić information content (AvgIpc) is 2.27. The summed E-state index contributed by atoms with van der Waals surface area (Å²) in [5, 5.41) is 2.14. The molecule has 2 nitrogen and oxygen atoms in total. The van der Waals surface area contributed by atoms with Crippen LogP contribution in [0.1, 0.15) is 23.7 Å². The highest BCUT2D eigenvalue weighted by Crippen LogP contribution is 2.15. The van der Waals surface area contributed by atoms with E-state index >= 15 is 0 Å². The van der Waals surface area contributed by atoms with E-state index in [4.69, 9.17) is 0 Å². The number of nitrogens with zero attached hydrogens (tertiary/aromatic N) is 1. The second-order valence-electron chi connectivity index (χ2n) is 3.21. The molecule has 2 aromatic rings. The van der Waals surface area contributed by atoms with E-state index in [0.717, 1.165) is 16.3 Å². The summed E-state index contributed by atoms with van der Waals surface area (Å²) >= 11 is 0. The molecule has 0 bridgehead atoms. The minimum Gasteiger partial charge on any atom is -0.294 e. The third-order valence-electron chi connectivity index (χ3n) is 2.28. The zero-order chi connectivity index (χ0) is 9.97. The Labute approximate surface area is 82.6 Å². The Morgan fingerprint density at radius 1 is 1.29 bits per heavy atom. The number of carbonyl (C=O) groups is 1. The second-order valence-corrected chi connectivity index (χ2v) is 3.21. The van der Waals surface area contributed by atoms with Gasteiger partial charge < -0.3 is 0 Å². The van der Waals surface area contributed by atoms with Gasteiger partial charge in [0.2, 0.25) is 0 Å². The Kier molecular flexibility index (Phi) is 2.27. The topological polar surface area (TPSA) is 30.0 Å². The first-order valence-electron chi connectivity index (χ1n) is 4.68. The fourth-order valence-corrected chi connectivity index (χ4v) is 1.46. The quantitative estimate of drug-likeness (QED) is 0.673. The van der Waals surface area contributed by atoms with Crippen molar-refractivity contribution in [3.63, 3.8) is 0 Å². The molecule has 70 valence electrons. The highest BCUT2D eigenvalue weighted by molar-refractivity contribution is 5.99. The number of pyridine rings is 1. The Morgan fingerprint density at radius 2 is 2.14 bits per heavy atom. The highest BCUT2D eigenvalue weighted by Gasteiger charge is 2.02. The smallest absolute Gasteiger partial charge is 0.162 e. The van der Waals surface area contributed by atoms with Gasteiger partial charge in [-0.15, -0.1) is 0 Å². The van der Waals surface area contributed by atoms with Gasteiger partial charge in [-0.05, 0) is 17.5 Å². The predicted molar refractivity (Wildman–Crippen MR) is 56.4 cm³/mol. The maximum Gasteiger partial charge on any atom is 0.162 e. The predicted octanol–water partition coefficient (Wildman–Crippen LogP) is 2.83. The van der Waals surface area contributed by atoms with E-state index in [9.17, 15) is 4.79 Å². The van der Waals surface area contributed by atoms with Gasteiger partial charge in [-0.1, -0.05) is 19.1 Å². The molecule has 0 amide bonds. The van der Waals surface area contributed by atoms with Crippen LogP contribution in [-0.2, 0) is 0 Å². The summed E-state index contributed by atoms with van der Waals surface area (Å²) in [5.74, 6) is 0.184. The minimum atomic E-state index is 0.184. The molecule has 0 unspecified atom stereocenters. The van der Waals surface area contributed by atoms with E-state index in [-0.39, 0.29) is 5.78 Å². The third kappa shape index (κ3) is 1.51. The van der Waals surface area contributed by atoms with Crippen molar-refractivity contribution in [1.82, 2.24) is 4.98 Å². The van der Waals surface area contributed by atoms with Crippen molar-refractivity contribution >= 4 is 16.6 Å². The molecule has 1 heterocycles. The summed E-state index contributed by atoms with van der Waals surface area (Å²) in [6.07, 6.45) is 4.09. The van der Waals surface area contributed by atoms with Crippen LogP contribution < -0.4 is 0 Å². The molecule has 0 atom stereocenters. The molecule has 1 aromatic carbocycles. The van der Waals surface area contributed by atoms with E-state index in [1.165, 1.54) is 0 Å². The van der Waals surface area contributed by atoms with Crippen molar-refractivity contribution in [2.75, 3.05) is 0 Å². The standard InChI is InChI=1S/C12H11NO/c1-2-12(14)10-3-4-11-8-13-6-5-9(11)7-10/h3-8H,2H2,1H3. The summed E-state index contributed by atoms with van der Waals surface area (Å²) in [6, 6.07) is 7.63. The van der Waals surface area contributed by atoms with Crippen molar-refractivity contribution in [3.8, 4) is 0 Å². The van der Waals surface area contributed by atoms with Gasteiger partial charge in [-0.2, -0.15) is 0 Å². The van der Waals surface area contributed by atoms with Crippen molar-refractivity contribution in [2.45, 2.75) is 13.3 Å². The number of fused-ring (bicyclic) bond motifs is 1. The maximum absolute atomic E-state index is 11.4. The molecule has 0 fully saturated rings. The van der Waals surface area contributed by atoms with Crippen LogP contribution in [0.4, 0.5) is 0 Å². The number of hydrogen-bond acceptors (Lipinski definition) is 2. The van der Waals surface area contributed by atoms with Gasteiger partial charge in [0.15, 0.2) is 5.78 Å². The minimum absolute atomic E-state index is 0.184. The number of ketones is 1. The molecule has 1 aromatic heterocycles. The van der Waals surface area contributed by atoms with Crippen LogP contribution in [0, 0.1) is 0 Å². The number of carbonyl (C=O) groups excluding carboxylic acids is 1. The SMILES string of the molecule is CCC(=O)c1ccc2cnccc2c1. The molecule has 2 rings (SSSR count). The monoisotopic (exact) mass is 185 g/mol. The van der Waals surface area contributed by atoms with E-state index < -0.39 is 0 Å². The van der Waals surface area contributed by atoms with Crippen molar-refractivity contribution in [1.29, 1.82) is 0 Å². The van der Waals surface area contributed by atoms with Gasteiger partial charge in [0, 0.05) is 29.8 Å². The van der Waals surface area contributed by atoms with Gasteiger partial charge >= 0.3 is 0 Å². The van der Waals surface area contributed by atoms with Crippen molar-refractivity contribution in [3.05, 3.63) is 42.2 Å². The Bertz CT molecular complexity index is 476. The number of hydrogen-bond donors (Lipinski definition) is 0. The summed E-state index contributed by atoms with van der Waals surface area (Å²) in [7, 11) is 0. The zero-order valence-electron chi connectivity index (χ0n) is 8.03. The summed E-state index contributed by atoms with van der Waals surface area (Å²) in [4.78, 5) is 15.5. The normalized spacial score (nSPS) is 10.4. The van der Waals surface area contributed by atoms with Crippen molar-refractivity contribution < 1.29 is 4.79 Å². The lowest BCUT2D eigenvalue weighted by Gasteiger charge is -2.00. The van der Waals surface area contributed by atoms with E-state index in [2.05, 4.69) is 4.98 Å². The van der Waals surface area contributed by atoms with Gasteiger partial charge in [-0.3, -0.25) is 9.78 Å². The van der Waals surface area contributed by atoms with Gasteiger partial charge in [-0.25, -0.2) is 0 Å². The van der Waals surface area contributed by atoms with Crippen LogP contribution in [0.5, 0.6) is 0 Å². The first-order valence-corrected chi connectivity index (χ1v) is 4.68. The summed E-state index contributed by atoms with van der Waals surface area (Å²) < 4.78 is 0. The molecule has 0 aliphatic rings.